The number of nitrogens with one attached hydrogen (secondary N) is 1. The first kappa shape index (κ1) is 15.1. The standard InChI is InChI=1S/C16H22ClN3/c1-5-8-18-12(3)14-6-7-16(15(17)9-14)20-10-19-11(2)13(20)4/h6-7,9-10,12,18H,5,8H2,1-4H3. The zero-order valence-corrected chi connectivity index (χ0v) is 13.3. The number of aryl methyl sites for hydroxylation is 1. The maximum atomic E-state index is 6.45. The van der Waals surface area contributed by atoms with Crippen LogP contribution in [0.4, 0.5) is 0 Å². The third-order valence-electron chi connectivity index (χ3n) is 3.68. The second-order valence-corrected chi connectivity index (χ2v) is 5.58. The van der Waals surface area contributed by atoms with Gasteiger partial charge in [0.05, 0.1) is 22.7 Å². The monoisotopic (exact) mass is 291 g/mol. The van der Waals surface area contributed by atoms with Crippen LogP contribution >= 0.6 is 11.6 Å². The van der Waals surface area contributed by atoms with Gasteiger partial charge in [-0.1, -0.05) is 24.6 Å². The highest BCUT2D eigenvalue weighted by Crippen LogP contribution is 2.26. The third-order valence-corrected chi connectivity index (χ3v) is 3.99. The predicted octanol–water partition coefficient (Wildman–Crippen LogP) is 4.20. The van der Waals surface area contributed by atoms with Crippen molar-refractivity contribution in [2.75, 3.05) is 6.54 Å². The Morgan fingerprint density at radius 1 is 1.35 bits per heavy atom. The highest BCUT2D eigenvalue weighted by atomic mass is 35.5. The topological polar surface area (TPSA) is 29.9 Å². The van der Waals surface area contributed by atoms with Crippen LogP contribution in [0, 0.1) is 13.8 Å². The molecule has 1 N–H and O–H groups in total. The van der Waals surface area contributed by atoms with Crippen LogP contribution in [0.25, 0.3) is 5.69 Å². The SMILES string of the molecule is CCCNC(C)c1ccc(-n2cnc(C)c2C)c(Cl)c1. The van der Waals surface area contributed by atoms with Gasteiger partial charge in [0.1, 0.15) is 0 Å². The van der Waals surface area contributed by atoms with E-state index in [-0.39, 0.29) is 0 Å². The first-order chi connectivity index (χ1) is 9.54. The van der Waals surface area contributed by atoms with Crippen molar-refractivity contribution in [2.45, 2.75) is 40.2 Å². The number of nitrogens with zero attached hydrogens (tertiary/aromatic N) is 2. The van der Waals surface area contributed by atoms with Crippen molar-refractivity contribution in [3.8, 4) is 5.69 Å². The average molecular weight is 292 g/mol. The molecule has 1 atom stereocenters. The van der Waals surface area contributed by atoms with E-state index in [0.29, 0.717) is 6.04 Å². The molecule has 3 nitrogen and oxygen atoms in total. The normalized spacial score (nSPS) is 12.7. The number of aromatic nitrogens is 2. The second kappa shape index (κ2) is 6.42. The van der Waals surface area contributed by atoms with E-state index in [0.717, 1.165) is 35.1 Å². The van der Waals surface area contributed by atoms with Gasteiger partial charge in [0, 0.05) is 11.7 Å². The van der Waals surface area contributed by atoms with E-state index in [9.17, 15) is 0 Å². The van der Waals surface area contributed by atoms with E-state index in [1.54, 1.807) is 0 Å². The Morgan fingerprint density at radius 3 is 2.65 bits per heavy atom. The minimum absolute atomic E-state index is 0.312. The minimum Gasteiger partial charge on any atom is -0.310 e. The van der Waals surface area contributed by atoms with Gasteiger partial charge in [-0.05, 0) is 51.4 Å². The van der Waals surface area contributed by atoms with Crippen LogP contribution in [0.1, 0.15) is 43.3 Å². The molecule has 1 aromatic heterocycles. The molecule has 0 saturated heterocycles. The van der Waals surface area contributed by atoms with E-state index in [2.05, 4.69) is 43.2 Å². The molecule has 2 aromatic rings. The van der Waals surface area contributed by atoms with Gasteiger partial charge >= 0.3 is 0 Å². The zero-order valence-electron chi connectivity index (χ0n) is 12.6. The Bertz CT molecular complexity index is 589. The van der Waals surface area contributed by atoms with Crippen LogP contribution in [0.3, 0.4) is 0 Å². The smallest absolute Gasteiger partial charge is 0.0997 e. The van der Waals surface area contributed by atoms with Gasteiger partial charge < -0.3 is 9.88 Å². The molecular weight excluding hydrogens is 270 g/mol. The number of hydrogen-bond acceptors (Lipinski definition) is 2. The highest BCUT2D eigenvalue weighted by molar-refractivity contribution is 6.32. The van der Waals surface area contributed by atoms with Gasteiger partial charge in [-0.2, -0.15) is 0 Å². The summed E-state index contributed by atoms with van der Waals surface area (Å²) in [6.45, 7) is 9.40. The molecule has 0 bridgehead atoms. The van der Waals surface area contributed by atoms with Crippen molar-refractivity contribution in [1.82, 2.24) is 14.9 Å². The van der Waals surface area contributed by atoms with Gasteiger partial charge in [-0.15, -0.1) is 0 Å². The predicted molar refractivity (Wildman–Crippen MR) is 84.8 cm³/mol. The summed E-state index contributed by atoms with van der Waals surface area (Å²) in [5, 5.41) is 4.23. The molecule has 108 valence electrons. The van der Waals surface area contributed by atoms with Crippen LogP contribution in [-0.2, 0) is 0 Å². The van der Waals surface area contributed by atoms with Gasteiger partial charge in [-0.3, -0.25) is 0 Å². The van der Waals surface area contributed by atoms with E-state index >= 15 is 0 Å². The molecule has 20 heavy (non-hydrogen) atoms. The van der Waals surface area contributed by atoms with Crippen molar-refractivity contribution < 1.29 is 0 Å². The van der Waals surface area contributed by atoms with Gasteiger partial charge in [0.15, 0.2) is 0 Å². The second-order valence-electron chi connectivity index (χ2n) is 5.17. The van der Waals surface area contributed by atoms with E-state index in [4.69, 9.17) is 11.6 Å². The molecule has 0 radical (unpaired) electrons. The lowest BCUT2D eigenvalue weighted by molar-refractivity contribution is 0.570. The molecule has 0 amide bonds. The highest BCUT2D eigenvalue weighted by Gasteiger charge is 2.11. The molecule has 4 heteroatoms. The van der Waals surface area contributed by atoms with Crippen LogP contribution in [-0.4, -0.2) is 16.1 Å². The molecule has 0 fully saturated rings. The van der Waals surface area contributed by atoms with Crippen molar-refractivity contribution in [3.63, 3.8) is 0 Å². The van der Waals surface area contributed by atoms with E-state index in [1.807, 2.05) is 23.9 Å². The lowest BCUT2D eigenvalue weighted by Crippen LogP contribution is -2.19. The first-order valence-electron chi connectivity index (χ1n) is 7.08. The zero-order chi connectivity index (χ0) is 14.7. The van der Waals surface area contributed by atoms with Crippen LogP contribution in [0.2, 0.25) is 5.02 Å². The molecule has 1 unspecified atom stereocenters. The van der Waals surface area contributed by atoms with Crippen LogP contribution in [0.15, 0.2) is 24.5 Å². The average Bonchev–Trinajstić information content (AvgIpc) is 2.76. The van der Waals surface area contributed by atoms with E-state index < -0.39 is 0 Å². The number of rotatable bonds is 5. The summed E-state index contributed by atoms with van der Waals surface area (Å²) >= 11 is 6.45. The van der Waals surface area contributed by atoms with E-state index in [1.165, 1.54) is 5.56 Å². The summed E-state index contributed by atoms with van der Waals surface area (Å²) in [6.07, 6.45) is 2.95. The van der Waals surface area contributed by atoms with Crippen molar-refractivity contribution >= 4 is 11.6 Å². The number of imidazole rings is 1. The summed E-state index contributed by atoms with van der Waals surface area (Å²) in [5.41, 5.74) is 4.35. The summed E-state index contributed by atoms with van der Waals surface area (Å²) in [7, 11) is 0. The lowest BCUT2D eigenvalue weighted by Gasteiger charge is -2.16. The van der Waals surface area contributed by atoms with Gasteiger partial charge in [-0.25, -0.2) is 4.98 Å². The van der Waals surface area contributed by atoms with Crippen molar-refractivity contribution in [2.24, 2.45) is 0 Å². The number of halogens is 1. The molecule has 0 spiro atoms. The molecule has 2 rings (SSSR count). The molecule has 1 aromatic carbocycles. The largest absolute Gasteiger partial charge is 0.310 e. The molecule has 1 heterocycles. The Labute approximate surface area is 126 Å². The Morgan fingerprint density at radius 2 is 2.10 bits per heavy atom. The summed E-state index contributed by atoms with van der Waals surface area (Å²) in [4.78, 5) is 4.32. The Kier molecular flexibility index (Phi) is 4.84. The molecule has 0 aliphatic heterocycles. The van der Waals surface area contributed by atoms with Gasteiger partial charge in [0.2, 0.25) is 0 Å². The summed E-state index contributed by atoms with van der Waals surface area (Å²) < 4.78 is 2.03. The van der Waals surface area contributed by atoms with Crippen LogP contribution < -0.4 is 5.32 Å². The first-order valence-corrected chi connectivity index (χ1v) is 7.46. The minimum atomic E-state index is 0.312. The Balaban J connectivity index is 2.28. The molecule has 0 aliphatic rings. The maximum Gasteiger partial charge on any atom is 0.0997 e. The number of hydrogen-bond donors (Lipinski definition) is 1. The molecular formula is C16H22ClN3. The van der Waals surface area contributed by atoms with Crippen molar-refractivity contribution in [1.29, 1.82) is 0 Å². The maximum absolute atomic E-state index is 6.45. The van der Waals surface area contributed by atoms with Gasteiger partial charge in [0.25, 0.3) is 0 Å². The molecule has 0 aliphatic carbocycles. The quantitative estimate of drug-likeness (QED) is 0.894. The third kappa shape index (κ3) is 3.05. The summed E-state index contributed by atoms with van der Waals surface area (Å²) in [5.74, 6) is 0. The van der Waals surface area contributed by atoms with Crippen LogP contribution in [0.5, 0.6) is 0 Å². The fourth-order valence-electron chi connectivity index (χ4n) is 2.21. The lowest BCUT2D eigenvalue weighted by atomic mass is 10.1. The Hall–Kier alpha value is -1.32. The fraction of sp³-hybridized carbons (Fsp3) is 0.438. The molecule has 0 saturated carbocycles. The summed E-state index contributed by atoms with van der Waals surface area (Å²) in [6, 6.07) is 6.55. The fourth-order valence-corrected chi connectivity index (χ4v) is 2.49. The van der Waals surface area contributed by atoms with Crippen molar-refractivity contribution in [3.05, 3.63) is 46.5 Å². The number of benzene rings is 1.